The molecule has 4 saturated carbocycles. The number of hydrogen-bond acceptors (Lipinski definition) is 12. The molecule has 300 valence electrons. The number of nitrogens with two attached hydrogens (primary N) is 1. The summed E-state index contributed by atoms with van der Waals surface area (Å²) in [4.78, 5) is 7.09. The Morgan fingerprint density at radius 1 is 0.962 bits per heavy atom. The van der Waals surface area contributed by atoms with Crippen molar-refractivity contribution in [3.63, 3.8) is 0 Å². The van der Waals surface area contributed by atoms with Crippen LogP contribution in [0.1, 0.15) is 130 Å². The van der Waals surface area contributed by atoms with Gasteiger partial charge in [-0.05, 0) is 109 Å². The van der Waals surface area contributed by atoms with Crippen LogP contribution in [0.15, 0.2) is 0 Å². The highest BCUT2D eigenvalue weighted by Crippen LogP contribution is 2.59. The molecule has 12 nitrogen and oxygen atoms in total. The van der Waals surface area contributed by atoms with E-state index in [1.807, 2.05) is 0 Å². The summed E-state index contributed by atoms with van der Waals surface area (Å²) in [6.45, 7) is 9.51. The summed E-state index contributed by atoms with van der Waals surface area (Å²) >= 11 is 0. The number of hydrogen-bond donors (Lipinski definition) is 7. The highest BCUT2D eigenvalue weighted by molar-refractivity contribution is 5.20. The van der Waals surface area contributed by atoms with E-state index in [2.05, 4.69) is 62.8 Å². The third kappa shape index (κ3) is 7.49. The van der Waals surface area contributed by atoms with Gasteiger partial charge in [0.15, 0.2) is 0 Å². The van der Waals surface area contributed by atoms with Crippen molar-refractivity contribution >= 4 is 0 Å². The molecule has 8 rings (SSSR count). The van der Waals surface area contributed by atoms with E-state index in [-0.39, 0.29) is 29.3 Å². The molecule has 0 bridgehead atoms. The van der Waals surface area contributed by atoms with Crippen molar-refractivity contribution in [3.8, 4) is 6.07 Å². The molecule has 4 aliphatic heterocycles. The molecule has 4 saturated heterocycles. The van der Waals surface area contributed by atoms with Crippen molar-refractivity contribution in [2.24, 2.45) is 28.9 Å². The summed E-state index contributed by atoms with van der Waals surface area (Å²) in [6.07, 6.45) is 18.5. The molecule has 11 atom stereocenters. The van der Waals surface area contributed by atoms with Crippen LogP contribution in [0.3, 0.4) is 0 Å². The number of nitrogens with zero attached hydrogens (tertiary/aromatic N) is 4. The molecule has 12 heteroatoms. The fourth-order valence-electron chi connectivity index (χ4n) is 12.5. The Labute approximate surface area is 319 Å². The van der Waals surface area contributed by atoms with E-state index >= 15 is 0 Å². The van der Waals surface area contributed by atoms with Gasteiger partial charge < -0.3 is 20.7 Å². The van der Waals surface area contributed by atoms with Crippen molar-refractivity contribution in [1.29, 1.82) is 5.26 Å². The summed E-state index contributed by atoms with van der Waals surface area (Å²) in [5.41, 5.74) is 6.56. The predicted molar refractivity (Wildman–Crippen MR) is 206 cm³/mol. The summed E-state index contributed by atoms with van der Waals surface area (Å²) in [7, 11) is 0. The largest absolute Gasteiger partial charge is 0.387 e. The minimum atomic E-state index is -0.968. The number of aliphatic hydroxyl groups excluding tert-OH is 2. The van der Waals surface area contributed by atoms with Gasteiger partial charge in [0, 0.05) is 36.8 Å². The second-order valence-electron chi connectivity index (χ2n) is 19.2. The highest BCUT2D eigenvalue weighted by atomic mass is 16.6. The maximum Gasteiger partial charge on any atom is 0.142 e. The lowest BCUT2D eigenvalue weighted by atomic mass is 9.61. The van der Waals surface area contributed by atoms with Crippen LogP contribution in [0, 0.1) is 34.5 Å². The zero-order valence-corrected chi connectivity index (χ0v) is 33.1. The quantitative estimate of drug-likeness (QED) is 0.157. The summed E-state index contributed by atoms with van der Waals surface area (Å²) in [5.74, 6) is 1.98. The number of rotatable bonds is 12. The number of nitrogens with one attached hydrogen (secondary N) is 4. The van der Waals surface area contributed by atoms with Gasteiger partial charge in [0.2, 0.25) is 0 Å². The van der Waals surface area contributed by atoms with E-state index in [1.165, 1.54) is 83.5 Å². The van der Waals surface area contributed by atoms with Gasteiger partial charge in [0.05, 0.1) is 49.4 Å². The smallest absolute Gasteiger partial charge is 0.142 e. The fraction of sp³-hybridized carbons (Fsp3) is 0.976. The Kier molecular flexibility index (Phi) is 11.8. The molecular weight excluding hydrogens is 667 g/mol. The average molecular weight is 740 g/mol. The van der Waals surface area contributed by atoms with Crippen LogP contribution in [0.25, 0.3) is 0 Å². The molecule has 0 aromatic rings. The van der Waals surface area contributed by atoms with Gasteiger partial charge in [0.1, 0.15) is 24.5 Å². The van der Waals surface area contributed by atoms with Crippen LogP contribution < -0.4 is 27.0 Å². The average Bonchev–Trinajstić information content (AvgIpc) is 3.51. The Hall–Kier alpha value is -0.950. The van der Waals surface area contributed by atoms with E-state index in [4.69, 9.17) is 10.5 Å². The Balaban J connectivity index is 0.857. The normalized spacial score (nSPS) is 45.0. The first-order valence-electron chi connectivity index (χ1n) is 22.1. The minimum absolute atomic E-state index is 0.0126. The lowest BCUT2D eigenvalue weighted by molar-refractivity contribution is -0.134. The number of ether oxygens (including phenoxy) is 1. The van der Waals surface area contributed by atoms with Crippen molar-refractivity contribution in [1.82, 2.24) is 36.0 Å². The molecule has 53 heavy (non-hydrogen) atoms. The van der Waals surface area contributed by atoms with E-state index in [9.17, 15) is 15.5 Å². The van der Waals surface area contributed by atoms with Gasteiger partial charge in [0.25, 0.3) is 0 Å². The molecule has 0 aromatic carbocycles. The zero-order chi connectivity index (χ0) is 36.9. The molecule has 0 spiro atoms. The van der Waals surface area contributed by atoms with Crippen LogP contribution in [-0.2, 0) is 4.74 Å². The first-order valence-corrected chi connectivity index (χ1v) is 22.1. The minimum Gasteiger partial charge on any atom is -0.387 e. The lowest BCUT2D eigenvalue weighted by Crippen LogP contribution is -2.69. The molecule has 0 radical (unpaired) electrons. The van der Waals surface area contributed by atoms with E-state index < -0.39 is 24.5 Å². The Bertz CT molecular complexity index is 1270. The summed E-state index contributed by atoms with van der Waals surface area (Å²) in [5, 5.41) is 48.3. The molecule has 8 aliphatic rings. The topological polar surface area (TPSA) is 157 Å². The van der Waals surface area contributed by atoms with Crippen molar-refractivity contribution < 1.29 is 14.9 Å². The monoisotopic (exact) mass is 740 g/mol. The number of nitriles is 1. The van der Waals surface area contributed by atoms with Crippen molar-refractivity contribution in [2.75, 3.05) is 26.4 Å². The molecule has 4 aliphatic carbocycles. The van der Waals surface area contributed by atoms with Gasteiger partial charge >= 0.3 is 0 Å². The second-order valence-corrected chi connectivity index (χ2v) is 19.2. The Morgan fingerprint density at radius 2 is 1.72 bits per heavy atom. The standard InChI is InChI=1S/C41H73N9O3/c1-4-18-48-24-45-37(43)34-38(48)50(25-44-34)39-36(52)35(51)31(53-39)22-49(26(2)3)30-19-27(20-30)12-15-33-46-32-14-13-29(40(23-42)16-17-40)21-41(32,47-33)28-10-8-6-5-7-9-11-28/h26-39,44-47,51-52H,4-22,24-25,43H2,1-3H3/t27-,29?,30+,31-,32?,33?,34?,35-,36-,37?,38?,39-,41?/m1/s1. The van der Waals surface area contributed by atoms with Crippen LogP contribution in [0.5, 0.6) is 0 Å². The van der Waals surface area contributed by atoms with Gasteiger partial charge in [-0.25, -0.2) is 4.90 Å². The Morgan fingerprint density at radius 3 is 2.42 bits per heavy atom. The van der Waals surface area contributed by atoms with Crippen LogP contribution in [0.4, 0.5) is 0 Å². The molecule has 0 aromatic heterocycles. The number of fused-ring (bicyclic) bond motifs is 2. The zero-order valence-electron chi connectivity index (χ0n) is 33.1. The van der Waals surface area contributed by atoms with E-state index in [0.717, 1.165) is 38.1 Å². The summed E-state index contributed by atoms with van der Waals surface area (Å²) in [6, 6.07) is 4.16. The maximum atomic E-state index is 11.4. The van der Waals surface area contributed by atoms with Crippen LogP contribution in [-0.4, -0.2) is 124 Å². The van der Waals surface area contributed by atoms with Crippen molar-refractivity contribution in [3.05, 3.63) is 0 Å². The maximum absolute atomic E-state index is 11.4. The van der Waals surface area contributed by atoms with Gasteiger partial charge in [-0.15, -0.1) is 0 Å². The third-order valence-corrected chi connectivity index (χ3v) is 15.7. The first-order chi connectivity index (χ1) is 25.7. The van der Waals surface area contributed by atoms with Crippen molar-refractivity contribution in [2.45, 2.75) is 203 Å². The van der Waals surface area contributed by atoms with E-state index in [1.54, 1.807) is 0 Å². The second kappa shape index (κ2) is 16.1. The van der Waals surface area contributed by atoms with Crippen LogP contribution >= 0.6 is 0 Å². The van der Waals surface area contributed by atoms with Gasteiger partial charge in [-0.1, -0.05) is 39.0 Å². The van der Waals surface area contributed by atoms with Gasteiger partial charge in [-0.2, -0.15) is 5.26 Å². The summed E-state index contributed by atoms with van der Waals surface area (Å²) < 4.78 is 6.60. The van der Waals surface area contributed by atoms with E-state index in [0.29, 0.717) is 56.0 Å². The first kappa shape index (κ1) is 38.9. The molecular formula is C41H73N9O3. The number of aliphatic hydroxyl groups is 2. The highest BCUT2D eigenvalue weighted by Gasteiger charge is 2.60. The molecule has 4 heterocycles. The molecule has 0 amide bonds. The predicted octanol–water partition coefficient (Wildman–Crippen LogP) is 2.91. The molecule has 7 unspecified atom stereocenters. The molecule has 8 fully saturated rings. The lowest BCUT2D eigenvalue weighted by Gasteiger charge is -2.49. The third-order valence-electron chi connectivity index (χ3n) is 15.7. The molecule has 8 N–H and O–H groups in total. The van der Waals surface area contributed by atoms with Gasteiger partial charge in [-0.3, -0.25) is 31.1 Å². The van der Waals surface area contributed by atoms with Crippen LogP contribution in [0.2, 0.25) is 0 Å². The SMILES string of the molecule is CCCN1CNC(N)C2NCN([C@@H]3O[C@H](CN(C(C)C)[C@H]4C[C@@H](CCC5NC6CCC(C7(C#N)CC7)CC6(C6CCCCCCC6)N5)C4)[C@@H](O)[C@H]3O)C21. The fourth-order valence-corrected chi connectivity index (χ4v) is 12.5.